The van der Waals surface area contributed by atoms with Crippen LogP contribution in [0.1, 0.15) is 43.4 Å². The summed E-state index contributed by atoms with van der Waals surface area (Å²) in [5, 5.41) is 11.3. The van der Waals surface area contributed by atoms with E-state index in [0.717, 1.165) is 47.4 Å². The lowest BCUT2D eigenvalue weighted by molar-refractivity contribution is 0.327. The van der Waals surface area contributed by atoms with Gasteiger partial charge < -0.3 is 9.55 Å². The van der Waals surface area contributed by atoms with Crippen LogP contribution in [0, 0.1) is 11.3 Å². The van der Waals surface area contributed by atoms with Crippen molar-refractivity contribution >= 4 is 43.1 Å². The number of pyridine rings is 2. The highest BCUT2D eigenvalue weighted by molar-refractivity contribution is 7.86. The molecule has 1 aliphatic rings. The van der Waals surface area contributed by atoms with Crippen molar-refractivity contribution in [2.75, 3.05) is 0 Å². The number of nitrogens with one attached hydrogen (secondary N) is 1. The molecule has 0 saturated heterocycles. The molecule has 0 amide bonds. The summed E-state index contributed by atoms with van der Waals surface area (Å²) in [5.74, 6) is 0. The average molecular weight is 501 g/mol. The second-order valence-electron chi connectivity index (χ2n) is 9.23. The van der Waals surface area contributed by atoms with Crippen molar-refractivity contribution in [1.29, 1.82) is 5.26 Å². The minimum Gasteiger partial charge on any atom is -0.340 e. The van der Waals surface area contributed by atoms with Crippen LogP contribution in [0.4, 0.5) is 3.89 Å². The zero-order valence-corrected chi connectivity index (χ0v) is 20.2. The lowest BCUT2D eigenvalue weighted by atomic mass is 9.90. The number of hydrogen-bond donors (Lipinski definition) is 1. The molecule has 0 aliphatic heterocycles. The molecule has 5 aromatic rings. The maximum Gasteiger partial charge on any atom is 0.333 e. The quantitative estimate of drug-likeness (QED) is 0.327. The van der Waals surface area contributed by atoms with Crippen LogP contribution in [-0.2, 0) is 16.6 Å². The summed E-state index contributed by atoms with van der Waals surface area (Å²) >= 11 is 0. The highest BCUT2D eigenvalue weighted by Crippen LogP contribution is 2.39. The van der Waals surface area contributed by atoms with Crippen molar-refractivity contribution in [1.82, 2.24) is 14.5 Å². The van der Waals surface area contributed by atoms with Gasteiger partial charge in [0.1, 0.15) is 10.5 Å². The monoisotopic (exact) mass is 500 g/mol. The van der Waals surface area contributed by atoms with Crippen LogP contribution in [-0.4, -0.2) is 23.0 Å². The Bertz CT molecular complexity index is 1930. The number of aromatic amines is 1. The minimum atomic E-state index is -4.91. The summed E-state index contributed by atoms with van der Waals surface area (Å²) in [6, 6.07) is 12.6. The first-order chi connectivity index (χ1) is 17.3. The van der Waals surface area contributed by atoms with Gasteiger partial charge in [-0.25, -0.2) is 0 Å². The fraction of sp³-hybridized carbons (Fsp3) is 0.222. The predicted octanol–water partition coefficient (Wildman–Crippen LogP) is 5.52. The van der Waals surface area contributed by atoms with E-state index in [2.05, 4.69) is 20.6 Å². The lowest BCUT2D eigenvalue weighted by Crippen LogP contribution is -2.21. The Morgan fingerprint density at radius 1 is 1.17 bits per heavy atom. The largest absolute Gasteiger partial charge is 0.340 e. The number of H-pyrrole nitrogens is 1. The van der Waals surface area contributed by atoms with Gasteiger partial charge in [-0.05, 0) is 67.1 Å². The molecule has 1 N–H and O–H groups in total. The molecular weight excluding hydrogens is 479 g/mol. The van der Waals surface area contributed by atoms with Crippen LogP contribution in [0.15, 0.2) is 58.5 Å². The highest BCUT2D eigenvalue weighted by atomic mass is 32.3. The molecule has 0 unspecified atom stereocenters. The molecule has 1 aliphatic carbocycles. The molecule has 7 nitrogen and oxygen atoms in total. The maximum absolute atomic E-state index is 13.9. The third-order valence-corrected chi connectivity index (χ3v) is 8.01. The average Bonchev–Trinajstić information content (AvgIpc) is 3.22. The van der Waals surface area contributed by atoms with Gasteiger partial charge in [-0.2, -0.15) is 13.7 Å². The van der Waals surface area contributed by atoms with Crippen LogP contribution >= 0.6 is 0 Å². The van der Waals surface area contributed by atoms with Crippen LogP contribution < -0.4 is 5.43 Å². The van der Waals surface area contributed by atoms with Crippen LogP contribution in [0.3, 0.4) is 0 Å². The third-order valence-electron chi connectivity index (χ3n) is 7.23. The van der Waals surface area contributed by atoms with Gasteiger partial charge in [0.15, 0.2) is 5.43 Å². The molecule has 0 atom stereocenters. The van der Waals surface area contributed by atoms with Crippen molar-refractivity contribution in [2.45, 2.75) is 43.5 Å². The van der Waals surface area contributed by atoms with Gasteiger partial charge in [-0.15, -0.1) is 3.89 Å². The lowest BCUT2D eigenvalue weighted by Gasteiger charge is -2.31. The Labute approximate surface area is 206 Å². The molecule has 0 bridgehead atoms. The van der Waals surface area contributed by atoms with E-state index < -0.39 is 15.1 Å². The number of rotatable bonds is 4. The van der Waals surface area contributed by atoms with Crippen LogP contribution in [0.5, 0.6) is 0 Å². The molecule has 0 radical (unpaired) electrons. The van der Waals surface area contributed by atoms with Crippen LogP contribution in [0.2, 0.25) is 0 Å². The number of hydrogen-bond acceptors (Lipinski definition) is 5. The van der Waals surface area contributed by atoms with E-state index >= 15 is 0 Å². The van der Waals surface area contributed by atoms with E-state index in [4.69, 9.17) is 0 Å². The number of nitriles is 1. The van der Waals surface area contributed by atoms with E-state index in [1.807, 2.05) is 25.1 Å². The fourth-order valence-electron chi connectivity index (χ4n) is 5.22. The molecule has 6 rings (SSSR count). The zero-order valence-electron chi connectivity index (χ0n) is 19.4. The van der Waals surface area contributed by atoms with Gasteiger partial charge in [0, 0.05) is 40.3 Å². The van der Waals surface area contributed by atoms with Crippen molar-refractivity contribution in [2.24, 2.45) is 0 Å². The molecule has 3 aromatic heterocycles. The molecule has 1 fully saturated rings. The molecular formula is C27H21FN4O3S. The SMILES string of the molecule is CCc1cc2c(=O)c3c4ccc(C#N)cc4[nH]c3n(C3CCC3)c2cc1-c1cncc(S(=O)(=O)F)c1. The standard InChI is InChI=1S/C27H21FN4O3S/c1-2-16-10-22-24(11-21(16)17-9-19(14-30-13-17)36(28,34)35)32(18-4-3-5-18)27-25(26(22)33)20-7-6-15(12-29)8-23(20)31-27/h6-11,13-14,18,31H,2-5H2,1H3. The van der Waals surface area contributed by atoms with Gasteiger partial charge in [0.25, 0.3) is 0 Å². The first-order valence-electron chi connectivity index (χ1n) is 11.8. The normalized spacial score (nSPS) is 14.4. The summed E-state index contributed by atoms with van der Waals surface area (Å²) in [5.41, 5.74) is 4.57. The van der Waals surface area contributed by atoms with Crippen molar-refractivity contribution in [3.63, 3.8) is 0 Å². The Balaban J connectivity index is 1.74. The molecule has 1 saturated carbocycles. The van der Waals surface area contributed by atoms with Gasteiger partial charge >= 0.3 is 10.2 Å². The van der Waals surface area contributed by atoms with Gasteiger partial charge in [0.05, 0.1) is 22.5 Å². The number of fused-ring (bicyclic) bond motifs is 4. The zero-order chi connectivity index (χ0) is 25.2. The fourth-order valence-corrected chi connectivity index (χ4v) is 5.67. The summed E-state index contributed by atoms with van der Waals surface area (Å²) in [4.78, 5) is 20.7. The Hall–Kier alpha value is -4.03. The minimum absolute atomic E-state index is 0.106. The highest BCUT2D eigenvalue weighted by Gasteiger charge is 2.26. The van der Waals surface area contributed by atoms with Crippen molar-refractivity contribution in [3.8, 4) is 17.2 Å². The first kappa shape index (κ1) is 22.4. The maximum atomic E-state index is 13.9. The number of aryl methyl sites for hydroxylation is 1. The first-order valence-corrected chi connectivity index (χ1v) is 13.1. The third kappa shape index (κ3) is 3.33. The van der Waals surface area contributed by atoms with Gasteiger partial charge in [-0.1, -0.05) is 13.0 Å². The second-order valence-corrected chi connectivity index (χ2v) is 10.6. The summed E-state index contributed by atoms with van der Waals surface area (Å²) in [6.07, 6.45) is 6.09. The van der Waals surface area contributed by atoms with E-state index in [0.29, 0.717) is 39.5 Å². The number of nitrogens with zero attached hydrogens (tertiary/aromatic N) is 3. The second kappa shape index (κ2) is 8.00. The summed E-state index contributed by atoms with van der Waals surface area (Å²) < 4.78 is 38.9. The van der Waals surface area contributed by atoms with E-state index in [1.165, 1.54) is 12.3 Å². The molecule has 3 heterocycles. The summed E-state index contributed by atoms with van der Waals surface area (Å²) in [6.45, 7) is 1.95. The van der Waals surface area contributed by atoms with Crippen molar-refractivity contribution < 1.29 is 12.3 Å². The van der Waals surface area contributed by atoms with E-state index in [-0.39, 0.29) is 11.5 Å². The Kier molecular flexibility index (Phi) is 4.99. The smallest absolute Gasteiger partial charge is 0.333 e. The molecule has 0 spiro atoms. The predicted molar refractivity (Wildman–Crippen MR) is 136 cm³/mol. The summed E-state index contributed by atoms with van der Waals surface area (Å²) in [7, 11) is -4.91. The molecule has 36 heavy (non-hydrogen) atoms. The van der Waals surface area contributed by atoms with E-state index in [1.54, 1.807) is 12.1 Å². The molecule has 2 aromatic carbocycles. The Morgan fingerprint density at radius 3 is 2.64 bits per heavy atom. The Morgan fingerprint density at radius 2 is 1.97 bits per heavy atom. The van der Waals surface area contributed by atoms with E-state index in [9.17, 15) is 22.4 Å². The van der Waals surface area contributed by atoms with Gasteiger partial charge in [0.2, 0.25) is 0 Å². The van der Waals surface area contributed by atoms with Gasteiger partial charge in [-0.3, -0.25) is 9.78 Å². The van der Waals surface area contributed by atoms with Crippen molar-refractivity contribution in [3.05, 3.63) is 70.1 Å². The number of halogens is 1. The topological polar surface area (TPSA) is 109 Å². The van der Waals surface area contributed by atoms with Crippen LogP contribution in [0.25, 0.3) is 44.0 Å². The number of aromatic nitrogens is 3. The molecule has 180 valence electrons. The molecule has 9 heteroatoms. The number of benzene rings is 2.